The number of nitrogens with zero attached hydrogens (tertiary/aromatic N) is 1. The van der Waals surface area contributed by atoms with Gasteiger partial charge in [-0.1, -0.05) is 38.1 Å². The maximum absolute atomic E-state index is 12.2. The highest BCUT2D eigenvalue weighted by Gasteiger charge is 2.26. The number of carbonyl (C=O) groups excluding carboxylic acids is 2. The normalized spacial score (nSPS) is 13.3. The smallest absolute Gasteiger partial charge is 0.328 e. The van der Waals surface area contributed by atoms with Crippen LogP contribution in [0.1, 0.15) is 19.4 Å². The summed E-state index contributed by atoms with van der Waals surface area (Å²) in [5.41, 5.74) is 7.77. The summed E-state index contributed by atoms with van der Waals surface area (Å²) in [7, 11) is 1.30. The minimum absolute atomic E-state index is 0.0177. The fraction of sp³-hybridized carbons (Fsp3) is 0.389. The molecule has 134 valence electrons. The molecule has 0 fully saturated rings. The largest absolute Gasteiger partial charge is 0.467 e. The maximum Gasteiger partial charge on any atom is 0.328 e. The molecule has 2 atom stereocenters. The molecule has 2 aromatic rings. The van der Waals surface area contributed by atoms with Crippen LogP contribution in [-0.2, 0) is 20.7 Å². The number of amides is 1. The summed E-state index contributed by atoms with van der Waals surface area (Å²) in [6, 6.07) is 6.30. The van der Waals surface area contributed by atoms with Crippen LogP contribution in [0.4, 0.5) is 0 Å². The van der Waals surface area contributed by atoms with Gasteiger partial charge in [0, 0.05) is 23.6 Å². The molecule has 1 amide bonds. The molecule has 3 N–H and O–H groups in total. The molecule has 0 saturated heterocycles. The Morgan fingerprint density at radius 2 is 1.96 bits per heavy atom. The lowest BCUT2D eigenvalue weighted by Gasteiger charge is -2.21. The summed E-state index contributed by atoms with van der Waals surface area (Å²) < 4.78 is 4.81. The third-order valence-corrected chi connectivity index (χ3v) is 4.72. The van der Waals surface area contributed by atoms with E-state index in [2.05, 4.69) is 10.3 Å². The fourth-order valence-corrected chi connectivity index (χ4v) is 2.94. The molecule has 1 aromatic heterocycles. The SMILES string of the molecule is COC(=O)[C@H](Cc1ccc(-c2nccs2)cc1)NC(=O)[C@@H](N)C(C)C. The molecule has 25 heavy (non-hydrogen) atoms. The van der Waals surface area contributed by atoms with E-state index < -0.39 is 18.1 Å². The minimum Gasteiger partial charge on any atom is -0.467 e. The first-order chi connectivity index (χ1) is 11.9. The lowest BCUT2D eigenvalue weighted by atomic mass is 10.0. The van der Waals surface area contributed by atoms with Crippen LogP contribution in [0.25, 0.3) is 10.6 Å². The minimum atomic E-state index is -0.770. The van der Waals surface area contributed by atoms with Gasteiger partial charge < -0.3 is 15.8 Å². The third-order valence-electron chi connectivity index (χ3n) is 3.90. The quantitative estimate of drug-likeness (QED) is 0.736. The van der Waals surface area contributed by atoms with Gasteiger partial charge in [0.1, 0.15) is 11.0 Å². The Bertz CT molecular complexity index is 699. The van der Waals surface area contributed by atoms with E-state index in [0.717, 1.165) is 16.1 Å². The van der Waals surface area contributed by atoms with Crippen molar-refractivity contribution in [1.29, 1.82) is 0 Å². The zero-order valence-electron chi connectivity index (χ0n) is 14.6. The highest BCUT2D eigenvalue weighted by atomic mass is 32.1. The number of ether oxygens (including phenoxy) is 1. The predicted molar refractivity (Wildman–Crippen MR) is 98.0 cm³/mol. The summed E-state index contributed by atoms with van der Waals surface area (Å²) in [5, 5.41) is 5.55. The van der Waals surface area contributed by atoms with E-state index in [0.29, 0.717) is 6.42 Å². The second-order valence-corrected chi connectivity index (χ2v) is 6.99. The molecular formula is C18H23N3O3S. The number of hydrogen-bond donors (Lipinski definition) is 2. The number of thiazole rings is 1. The van der Waals surface area contributed by atoms with Gasteiger partial charge >= 0.3 is 5.97 Å². The van der Waals surface area contributed by atoms with Gasteiger partial charge in [0.2, 0.25) is 5.91 Å². The van der Waals surface area contributed by atoms with Gasteiger partial charge in [0.25, 0.3) is 0 Å². The van der Waals surface area contributed by atoms with Crippen LogP contribution in [0.5, 0.6) is 0 Å². The van der Waals surface area contributed by atoms with Crippen molar-refractivity contribution in [3.05, 3.63) is 41.4 Å². The third kappa shape index (κ3) is 5.11. The summed E-state index contributed by atoms with van der Waals surface area (Å²) in [6.45, 7) is 3.71. The van der Waals surface area contributed by atoms with E-state index in [-0.39, 0.29) is 11.8 Å². The second-order valence-electron chi connectivity index (χ2n) is 6.09. The molecular weight excluding hydrogens is 338 g/mol. The number of nitrogens with one attached hydrogen (secondary N) is 1. The molecule has 0 aliphatic carbocycles. The van der Waals surface area contributed by atoms with Crippen molar-refractivity contribution < 1.29 is 14.3 Å². The average molecular weight is 361 g/mol. The molecule has 0 radical (unpaired) electrons. The number of aromatic nitrogens is 1. The number of methoxy groups -OCH3 is 1. The van der Waals surface area contributed by atoms with Crippen LogP contribution in [-0.4, -0.2) is 36.1 Å². The van der Waals surface area contributed by atoms with E-state index in [1.54, 1.807) is 17.5 Å². The van der Waals surface area contributed by atoms with Gasteiger partial charge in [0.15, 0.2) is 0 Å². The molecule has 0 unspecified atom stereocenters. The van der Waals surface area contributed by atoms with Crippen LogP contribution in [0.2, 0.25) is 0 Å². The molecule has 6 nitrogen and oxygen atoms in total. The molecule has 0 bridgehead atoms. The van der Waals surface area contributed by atoms with Gasteiger partial charge in [-0.2, -0.15) is 0 Å². The molecule has 0 saturated carbocycles. The molecule has 0 aliphatic heterocycles. The maximum atomic E-state index is 12.2. The number of rotatable bonds is 7. The Balaban J connectivity index is 2.09. The average Bonchev–Trinajstić information content (AvgIpc) is 3.14. The Morgan fingerprint density at radius 3 is 2.48 bits per heavy atom. The number of benzene rings is 1. The van der Waals surface area contributed by atoms with Crippen molar-refractivity contribution >= 4 is 23.2 Å². The van der Waals surface area contributed by atoms with Crippen LogP contribution in [0.15, 0.2) is 35.8 Å². The number of hydrogen-bond acceptors (Lipinski definition) is 6. The van der Waals surface area contributed by atoms with Gasteiger partial charge in [-0.15, -0.1) is 11.3 Å². The zero-order valence-corrected chi connectivity index (χ0v) is 15.4. The van der Waals surface area contributed by atoms with Crippen molar-refractivity contribution in [2.75, 3.05) is 7.11 Å². The van der Waals surface area contributed by atoms with Gasteiger partial charge in [0.05, 0.1) is 13.2 Å². The van der Waals surface area contributed by atoms with E-state index in [4.69, 9.17) is 10.5 Å². The Hall–Kier alpha value is -2.25. The highest BCUT2D eigenvalue weighted by molar-refractivity contribution is 7.13. The molecule has 0 aliphatic rings. The van der Waals surface area contributed by atoms with Gasteiger partial charge in [-0.3, -0.25) is 4.79 Å². The van der Waals surface area contributed by atoms with Crippen LogP contribution in [0.3, 0.4) is 0 Å². The molecule has 1 heterocycles. The van der Waals surface area contributed by atoms with E-state index in [9.17, 15) is 9.59 Å². The van der Waals surface area contributed by atoms with Crippen molar-refractivity contribution in [3.63, 3.8) is 0 Å². The van der Waals surface area contributed by atoms with Crippen LogP contribution < -0.4 is 11.1 Å². The second kappa shape index (κ2) is 8.73. The van der Waals surface area contributed by atoms with Crippen molar-refractivity contribution in [2.45, 2.75) is 32.4 Å². The molecule has 0 spiro atoms. The first-order valence-electron chi connectivity index (χ1n) is 8.05. The first-order valence-corrected chi connectivity index (χ1v) is 8.93. The fourth-order valence-electron chi connectivity index (χ4n) is 2.29. The van der Waals surface area contributed by atoms with Crippen molar-refractivity contribution in [3.8, 4) is 10.6 Å². The van der Waals surface area contributed by atoms with E-state index >= 15 is 0 Å². The zero-order chi connectivity index (χ0) is 18.4. The van der Waals surface area contributed by atoms with Crippen molar-refractivity contribution in [1.82, 2.24) is 10.3 Å². The van der Waals surface area contributed by atoms with E-state index in [1.807, 2.05) is 43.5 Å². The number of esters is 1. The monoisotopic (exact) mass is 361 g/mol. The Kier molecular flexibility index (Phi) is 6.66. The van der Waals surface area contributed by atoms with Crippen LogP contribution in [0, 0.1) is 5.92 Å². The summed E-state index contributed by atoms with van der Waals surface area (Å²) in [6.07, 6.45) is 2.09. The van der Waals surface area contributed by atoms with E-state index in [1.165, 1.54) is 7.11 Å². The summed E-state index contributed by atoms with van der Waals surface area (Å²) >= 11 is 1.56. The van der Waals surface area contributed by atoms with Gasteiger partial charge in [-0.25, -0.2) is 9.78 Å². The van der Waals surface area contributed by atoms with Gasteiger partial charge in [-0.05, 0) is 11.5 Å². The standard InChI is InChI=1S/C18H23N3O3S/c1-11(2)15(19)16(22)21-14(18(23)24-3)10-12-4-6-13(7-5-12)17-20-8-9-25-17/h4-9,11,14-15H,10,19H2,1-3H3,(H,21,22)/t14-,15-/m0/s1. The Morgan fingerprint density at radius 1 is 1.28 bits per heavy atom. The number of carbonyl (C=O) groups is 2. The topological polar surface area (TPSA) is 94.3 Å². The predicted octanol–water partition coefficient (Wildman–Crippen LogP) is 1.99. The Labute approximate surface area is 151 Å². The summed E-state index contributed by atoms with van der Waals surface area (Å²) in [4.78, 5) is 28.4. The summed E-state index contributed by atoms with van der Waals surface area (Å²) in [5.74, 6) is -0.867. The van der Waals surface area contributed by atoms with Crippen LogP contribution >= 0.6 is 11.3 Å². The lowest BCUT2D eigenvalue weighted by Crippen LogP contribution is -2.51. The molecule has 7 heteroatoms. The molecule has 1 aromatic carbocycles. The molecule has 2 rings (SSSR count). The van der Waals surface area contributed by atoms with Crippen molar-refractivity contribution in [2.24, 2.45) is 11.7 Å². The lowest BCUT2D eigenvalue weighted by molar-refractivity contribution is -0.145. The highest BCUT2D eigenvalue weighted by Crippen LogP contribution is 2.22. The first kappa shape index (κ1) is 19.1. The number of nitrogens with two attached hydrogens (primary N) is 1.